The minimum absolute atomic E-state index is 0.299. The van der Waals surface area contributed by atoms with Crippen LogP contribution in [0, 0.1) is 0 Å². The average Bonchev–Trinajstić information content (AvgIpc) is 2.27. The van der Waals surface area contributed by atoms with E-state index in [1.165, 1.54) is 27.4 Å². The third-order valence-corrected chi connectivity index (χ3v) is 1.95. The van der Waals surface area contributed by atoms with E-state index in [0.717, 1.165) is 0 Å². The first-order valence-electron chi connectivity index (χ1n) is 4.42. The molecule has 1 aromatic carbocycles. The van der Waals surface area contributed by atoms with Gasteiger partial charge in [0.2, 0.25) is 0 Å². The highest BCUT2D eigenvalue weighted by atomic mass is 16.5. The molecule has 1 rings (SSSR count). The van der Waals surface area contributed by atoms with Crippen molar-refractivity contribution in [3.05, 3.63) is 12.1 Å². The third kappa shape index (κ3) is 2.47. The third-order valence-electron chi connectivity index (χ3n) is 1.95. The molecule has 0 fully saturated rings. The Balaban J connectivity index is 3.20. The highest BCUT2D eigenvalue weighted by Gasteiger charge is 2.13. The maximum atomic E-state index is 10.6. The lowest BCUT2D eigenvalue weighted by molar-refractivity contribution is 0.209. The smallest absolute Gasteiger partial charge is 0.409 e. The molecule has 16 heavy (non-hydrogen) atoms. The van der Waals surface area contributed by atoms with E-state index >= 15 is 0 Å². The maximum Gasteiger partial charge on any atom is 0.409 e. The van der Waals surface area contributed by atoms with Crippen molar-refractivity contribution in [2.24, 2.45) is 0 Å². The Labute approximate surface area is 92.7 Å². The monoisotopic (exact) mass is 227 g/mol. The Hall–Kier alpha value is -2.11. The molecule has 88 valence electrons. The molecule has 0 unspecified atom stereocenters. The number of benzene rings is 1. The van der Waals surface area contributed by atoms with Crippen molar-refractivity contribution >= 4 is 11.8 Å². The molecule has 2 N–H and O–H groups in total. The van der Waals surface area contributed by atoms with E-state index in [1.807, 2.05) is 0 Å². The highest BCUT2D eigenvalue weighted by molar-refractivity contribution is 5.86. The summed E-state index contributed by atoms with van der Waals surface area (Å²) >= 11 is 0. The predicted molar refractivity (Wildman–Crippen MR) is 57.7 cm³/mol. The molecule has 0 bridgehead atoms. The van der Waals surface area contributed by atoms with Gasteiger partial charge in [0, 0.05) is 12.1 Å². The Morgan fingerprint density at radius 3 is 2.00 bits per heavy atom. The van der Waals surface area contributed by atoms with Gasteiger partial charge in [0.15, 0.2) is 11.5 Å². The van der Waals surface area contributed by atoms with E-state index in [-0.39, 0.29) is 0 Å². The van der Waals surface area contributed by atoms with Gasteiger partial charge in [-0.1, -0.05) is 0 Å². The zero-order valence-electron chi connectivity index (χ0n) is 9.23. The molecule has 1 amide bonds. The van der Waals surface area contributed by atoms with Gasteiger partial charge in [-0.05, 0) is 0 Å². The zero-order valence-corrected chi connectivity index (χ0v) is 9.23. The van der Waals surface area contributed by atoms with Crippen LogP contribution in [0.15, 0.2) is 12.1 Å². The van der Waals surface area contributed by atoms with E-state index in [0.29, 0.717) is 22.9 Å². The van der Waals surface area contributed by atoms with Crippen molar-refractivity contribution in [3.8, 4) is 17.2 Å². The van der Waals surface area contributed by atoms with E-state index in [2.05, 4.69) is 5.32 Å². The van der Waals surface area contributed by atoms with Crippen LogP contribution < -0.4 is 19.5 Å². The van der Waals surface area contributed by atoms with Crippen molar-refractivity contribution in [3.63, 3.8) is 0 Å². The molecular weight excluding hydrogens is 214 g/mol. The Kier molecular flexibility index (Phi) is 3.82. The Morgan fingerprint density at radius 1 is 1.06 bits per heavy atom. The largest absolute Gasteiger partial charge is 0.494 e. The fourth-order valence-corrected chi connectivity index (χ4v) is 1.24. The van der Waals surface area contributed by atoms with Crippen molar-refractivity contribution in [1.82, 2.24) is 0 Å². The van der Waals surface area contributed by atoms with Gasteiger partial charge in [0.25, 0.3) is 0 Å². The maximum absolute atomic E-state index is 10.6. The summed E-state index contributed by atoms with van der Waals surface area (Å²) in [4.78, 5) is 10.6. The van der Waals surface area contributed by atoms with Crippen LogP contribution in [0.5, 0.6) is 17.2 Å². The van der Waals surface area contributed by atoms with Crippen molar-refractivity contribution in [2.75, 3.05) is 26.6 Å². The quantitative estimate of drug-likeness (QED) is 0.820. The van der Waals surface area contributed by atoms with E-state index in [9.17, 15) is 4.79 Å². The second-order valence-corrected chi connectivity index (χ2v) is 2.84. The standard InChI is InChI=1S/C10H13NO5/c1-14-7-5-9(16-3)8(15-2)4-6(7)11-10(12)13/h4-5,11H,1-3H3,(H,12,13). The lowest BCUT2D eigenvalue weighted by Gasteiger charge is -2.13. The summed E-state index contributed by atoms with van der Waals surface area (Å²) in [5.41, 5.74) is 0.299. The van der Waals surface area contributed by atoms with Gasteiger partial charge >= 0.3 is 6.09 Å². The van der Waals surface area contributed by atoms with Crippen molar-refractivity contribution in [1.29, 1.82) is 0 Å². The summed E-state index contributed by atoms with van der Waals surface area (Å²) in [6, 6.07) is 3.04. The van der Waals surface area contributed by atoms with E-state index < -0.39 is 6.09 Å². The summed E-state index contributed by atoms with van der Waals surface area (Å²) in [5, 5.41) is 10.8. The molecule has 0 aliphatic carbocycles. The summed E-state index contributed by atoms with van der Waals surface area (Å²) in [5.74, 6) is 1.25. The SMILES string of the molecule is COc1cc(OC)c(OC)cc1NC(=O)O. The number of rotatable bonds is 4. The number of methoxy groups -OCH3 is 3. The molecular formula is C10H13NO5. The number of hydrogen-bond donors (Lipinski definition) is 2. The van der Waals surface area contributed by atoms with Crippen LogP contribution in [0.3, 0.4) is 0 Å². The molecule has 0 aromatic heterocycles. The second kappa shape index (κ2) is 5.11. The fourth-order valence-electron chi connectivity index (χ4n) is 1.24. The predicted octanol–water partition coefficient (Wildman–Crippen LogP) is 1.80. The minimum atomic E-state index is -1.18. The molecule has 0 atom stereocenters. The lowest BCUT2D eigenvalue weighted by Crippen LogP contribution is -2.08. The van der Waals surface area contributed by atoms with Crippen LogP contribution in [-0.4, -0.2) is 32.5 Å². The van der Waals surface area contributed by atoms with E-state index in [4.69, 9.17) is 19.3 Å². The second-order valence-electron chi connectivity index (χ2n) is 2.84. The van der Waals surface area contributed by atoms with Crippen LogP contribution in [0.2, 0.25) is 0 Å². The van der Waals surface area contributed by atoms with E-state index in [1.54, 1.807) is 6.07 Å². The topological polar surface area (TPSA) is 77.0 Å². The highest BCUT2D eigenvalue weighted by Crippen LogP contribution is 2.37. The van der Waals surface area contributed by atoms with Gasteiger partial charge in [0.1, 0.15) is 5.75 Å². The molecule has 6 nitrogen and oxygen atoms in total. The minimum Gasteiger partial charge on any atom is -0.494 e. The molecule has 1 aromatic rings. The van der Waals surface area contributed by atoms with Crippen LogP contribution >= 0.6 is 0 Å². The van der Waals surface area contributed by atoms with Crippen LogP contribution in [0.1, 0.15) is 0 Å². The molecule has 0 spiro atoms. The number of anilines is 1. The number of hydrogen-bond acceptors (Lipinski definition) is 4. The van der Waals surface area contributed by atoms with Gasteiger partial charge in [0.05, 0.1) is 27.0 Å². The Morgan fingerprint density at radius 2 is 1.56 bits per heavy atom. The first kappa shape index (κ1) is 12.0. The van der Waals surface area contributed by atoms with Crippen LogP contribution in [-0.2, 0) is 0 Å². The summed E-state index contributed by atoms with van der Waals surface area (Å²) in [6.07, 6.45) is -1.18. The van der Waals surface area contributed by atoms with Gasteiger partial charge < -0.3 is 19.3 Å². The van der Waals surface area contributed by atoms with Gasteiger partial charge in [-0.3, -0.25) is 5.32 Å². The van der Waals surface area contributed by atoms with Gasteiger partial charge in [-0.15, -0.1) is 0 Å². The van der Waals surface area contributed by atoms with Crippen molar-refractivity contribution < 1.29 is 24.1 Å². The first-order chi connectivity index (χ1) is 7.62. The van der Waals surface area contributed by atoms with Gasteiger partial charge in [-0.2, -0.15) is 0 Å². The number of amides is 1. The molecule has 0 saturated carbocycles. The number of carbonyl (C=O) groups is 1. The van der Waals surface area contributed by atoms with Crippen LogP contribution in [0.4, 0.5) is 10.5 Å². The normalized spacial score (nSPS) is 9.44. The van der Waals surface area contributed by atoms with Gasteiger partial charge in [-0.25, -0.2) is 4.79 Å². The molecule has 0 radical (unpaired) electrons. The lowest BCUT2D eigenvalue weighted by atomic mass is 10.2. The molecule has 0 aliphatic rings. The fraction of sp³-hybridized carbons (Fsp3) is 0.300. The zero-order chi connectivity index (χ0) is 12.1. The average molecular weight is 227 g/mol. The first-order valence-corrected chi connectivity index (χ1v) is 4.42. The van der Waals surface area contributed by atoms with Crippen LogP contribution in [0.25, 0.3) is 0 Å². The van der Waals surface area contributed by atoms with Crippen molar-refractivity contribution in [2.45, 2.75) is 0 Å². The number of carboxylic acid groups (broad SMARTS) is 1. The molecule has 0 aliphatic heterocycles. The molecule has 0 saturated heterocycles. The number of ether oxygens (including phenoxy) is 3. The molecule has 6 heteroatoms. The Bertz CT molecular complexity index is 391. The summed E-state index contributed by atoms with van der Waals surface area (Å²) in [7, 11) is 4.39. The number of nitrogens with one attached hydrogen (secondary N) is 1. The summed E-state index contributed by atoms with van der Waals surface area (Å²) in [6.45, 7) is 0. The molecule has 0 heterocycles. The summed E-state index contributed by atoms with van der Waals surface area (Å²) < 4.78 is 15.1.